The number of halogens is 6. The minimum atomic E-state index is -4.72. The lowest BCUT2D eigenvalue weighted by molar-refractivity contribution is -0.143. The molecule has 0 bridgehead atoms. The largest absolute Gasteiger partial charge is 0.468 e. The highest BCUT2D eigenvalue weighted by atomic mass is 35.5. The van der Waals surface area contributed by atoms with Crippen LogP contribution in [-0.4, -0.2) is 13.1 Å². The molecule has 1 aromatic carbocycles. The number of nitrogens with two attached hydrogens (primary N) is 1. The van der Waals surface area contributed by atoms with Gasteiger partial charge in [-0.1, -0.05) is 11.6 Å². The Labute approximate surface area is 117 Å². The van der Waals surface area contributed by atoms with Crippen molar-refractivity contribution in [1.29, 1.82) is 0 Å². The number of carbonyl (C=O) groups excluding carboxylic acids is 1. The van der Waals surface area contributed by atoms with Crippen LogP contribution in [0.2, 0.25) is 5.02 Å². The molecule has 0 aliphatic carbocycles. The molecule has 1 rings (SSSR count). The van der Waals surface area contributed by atoms with Crippen LogP contribution in [0.25, 0.3) is 0 Å². The van der Waals surface area contributed by atoms with Crippen LogP contribution in [0.1, 0.15) is 17.2 Å². The summed E-state index contributed by atoms with van der Waals surface area (Å²) in [5.41, 5.74) is 3.43. The van der Waals surface area contributed by atoms with E-state index in [2.05, 4.69) is 4.74 Å². The first-order chi connectivity index (χ1) is 8.18. The Morgan fingerprint density at radius 2 is 1.95 bits per heavy atom. The smallest absolute Gasteiger partial charge is 0.416 e. The van der Waals surface area contributed by atoms with Gasteiger partial charge in [-0.2, -0.15) is 13.2 Å². The standard InChI is InChI=1S/C10H8ClF4NO2.ClH/c1-18-9(17)8(16)5-2-4(10(13,14)15)3-6(11)7(5)12;/h2-3,8H,16H2,1H3;1H/t8-;/m0./s1. The van der Waals surface area contributed by atoms with E-state index in [9.17, 15) is 22.4 Å². The fourth-order valence-corrected chi connectivity index (χ4v) is 1.48. The summed E-state index contributed by atoms with van der Waals surface area (Å²) in [6, 6.07) is -0.817. The second-order valence-corrected chi connectivity index (χ2v) is 3.77. The van der Waals surface area contributed by atoms with Gasteiger partial charge in [0.05, 0.1) is 17.7 Å². The number of carbonyl (C=O) groups is 1. The second kappa shape index (κ2) is 6.40. The molecule has 0 spiro atoms. The summed E-state index contributed by atoms with van der Waals surface area (Å²) < 4.78 is 55.2. The molecule has 9 heteroatoms. The summed E-state index contributed by atoms with van der Waals surface area (Å²) in [5.74, 6) is -2.24. The number of hydrogen-bond donors (Lipinski definition) is 1. The van der Waals surface area contributed by atoms with Crippen molar-refractivity contribution in [3.8, 4) is 0 Å². The zero-order chi connectivity index (χ0) is 14.1. The van der Waals surface area contributed by atoms with E-state index in [4.69, 9.17) is 17.3 Å². The van der Waals surface area contributed by atoms with E-state index in [1.54, 1.807) is 0 Å². The van der Waals surface area contributed by atoms with Crippen LogP contribution in [0, 0.1) is 5.82 Å². The van der Waals surface area contributed by atoms with Crippen LogP contribution in [-0.2, 0) is 15.7 Å². The van der Waals surface area contributed by atoms with Gasteiger partial charge in [-0.3, -0.25) is 4.79 Å². The number of esters is 1. The van der Waals surface area contributed by atoms with Crippen molar-refractivity contribution in [2.75, 3.05) is 7.11 Å². The van der Waals surface area contributed by atoms with Crippen molar-refractivity contribution in [3.63, 3.8) is 0 Å². The normalized spacial score (nSPS) is 12.6. The summed E-state index contributed by atoms with van der Waals surface area (Å²) in [6.07, 6.45) is -4.72. The molecule has 19 heavy (non-hydrogen) atoms. The fourth-order valence-electron chi connectivity index (χ4n) is 1.25. The van der Waals surface area contributed by atoms with Crippen molar-refractivity contribution in [3.05, 3.63) is 34.1 Å². The third-order valence-corrected chi connectivity index (χ3v) is 2.45. The van der Waals surface area contributed by atoms with Gasteiger partial charge < -0.3 is 10.5 Å². The molecule has 1 aromatic rings. The molecule has 0 amide bonds. The van der Waals surface area contributed by atoms with E-state index in [-0.39, 0.29) is 12.4 Å². The molecule has 0 unspecified atom stereocenters. The zero-order valence-corrected chi connectivity index (χ0v) is 11.0. The predicted molar refractivity (Wildman–Crippen MR) is 62.6 cm³/mol. The van der Waals surface area contributed by atoms with E-state index in [0.29, 0.717) is 12.1 Å². The highest BCUT2D eigenvalue weighted by molar-refractivity contribution is 6.30. The summed E-state index contributed by atoms with van der Waals surface area (Å²) in [6.45, 7) is 0. The van der Waals surface area contributed by atoms with E-state index >= 15 is 0 Å². The maximum atomic E-state index is 13.5. The van der Waals surface area contributed by atoms with Crippen LogP contribution in [0.5, 0.6) is 0 Å². The lowest BCUT2D eigenvalue weighted by Crippen LogP contribution is -2.24. The molecular formula is C10H9Cl2F4NO2. The molecule has 1 atom stereocenters. The SMILES string of the molecule is COC(=O)[C@@H](N)c1cc(C(F)(F)F)cc(Cl)c1F.Cl. The number of benzene rings is 1. The fraction of sp³-hybridized carbons (Fsp3) is 0.300. The average molecular weight is 322 g/mol. The molecule has 0 aliphatic heterocycles. The Kier molecular flexibility index (Phi) is 6.05. The molecular weight excluding hydrogens is 313 g/mol. The maximum absolute atomic E-state index is 13.5. The van der Waals surface area contributed by atoms with Gasteiger partial charge >= 0.3 is 12.1 Å². The topological polar surface area (TPSA) is 52.3 Å². The Morgan fingerprint density at radius 1 is 1.42 bits per heavy atom. The van der Waals surface area contributed by atoms with Gasteiger partial charge in [-0.05, 0) is 12.1 Å². The van der Waals surface area contributed by atoms with Crippen molar-refractivity contribution < 1.29 is 27.1 Å². The molecule has 108 valence electrons. The first-order valence-electron chi connectivity index (χ1n) is 4.58. The molecule has 0 fully saturated rings. The number of ether oxygens (including phenoxy) is 1. The summed E-state index contributed by atoms with van der Waals surface area (Å²) in [5, 5.41) is -0.765. The van der Waals surface area contributed by atoms with Crippen molar-refractivity contribution in [2.24, 2.45) is 5.73 Å². The molecule has 0 heterocycles. The van der Waals surface area contributed by atoms with Crippen LogP contribution >= 0.6 is 24.0 Å². The molecule has 2 N–H and O–H groups in total. The van der Waals surface area contributed by atoms with Crippen molar-refractivity contribution in [2.45, 2.75) is 12.2 Å². The first kappa shape index (κ1) is 17.9. The van der Waals surface area contributed by atoms with Gasteiger partial charge in [0.25, 0.3) is 0 Å². The monoisotopic (exact) mass is 321 g/mol. The predicted octanol–water partition coefficient (Wildman–Crippen LogP) is 3.09. The highest BCUT2D eigenvalue weighted by Gasteiger charge is 2.34. The highest BCUT2D eigenvalue weighted by Crippen LogP contribution is 2.34. The first-order valence-corrected chi connectivity index (χ1v) is 4.95. The van der Waals surface area contributed by atoms with Crippen LogP contribution in [0.4, 0.5) is 17.6 Å². The Morgan fingerprint density at radius 3 is 2.37 bits per heavy atom. The van der Waals surface area contributed by atoms with Crippen molar-refractivity contribution in [1.82, 2.24) is 0 Å². The number of methoxy groups -OCH3 is 1. The molecule has 0 aromatic heterocycles. The van der Waals surface area contributed by atoms with Gasteiger partial charge in [0.1, 0.15) is 11.9 Å². The van der Waals surface area contributed by atoms with Crippen molar-refractivity contribution >= 4 is 30.0 Å². The second-order valence-electron chi connectivity index (χ2n) is 3.36. The van der Waals surface area contributed by atoms with Crippen LogP contribution in [0.3, 0.4) is 0 Å². The zero-order valence-electron chi connectivity index (χ0n) is 9.42. The van der Waals surface area contributed by atoms with Gasteiger partial charge in [-0.15, -0.1) is 12.4 Å². The lowest BCUT2D eigenvalue weighted by Gasteiger charge is -2.14. The Hall–Kier alpha value is -1.05. The Bertz CT molecular complexity index is 479. The van der Waals surface area contributed by atoms with E-state index in [1.807, 2.05) is 0 Å². The maximum Gasteiger partial charge on any atom is 0.416 e. The van der Waals surface area contributed by atoms with Crippen LogP contribution < -0.4 is 5.73 Å². The van der Waals surface area contributed by atoms with Gasteiger partial charge in [0.2, 0.25) is 0 Å². The summed E-state index contributed by atoms with van der Waals surface area (Å²) >= 11 is 5.33. The van der Waals surface area contributed by atoms with E-state index in [0.717, 1.165) is 7.11 Å². The Balaban J connectivity index is 0.00000324. The molecule has 3 nitrogen and oxygen atoms in total. The third kappa shape index (κ3) is 3.95. The number of alkyl halides is 3. The molecule has 0 saturated carbocycles. The molecule has 0 aliphatic rings. The molecule has 0 radical (unpaired) electrons. The third-order valence-electron chi connectivity index (χ3n) is 2.17. The van der Waals surface area contributed by atoms with Crippen LogP contribution in [0.15, 0.2) is 12.1 Å². The van der Waals surface area contributed by atoms with E-state index < -0.39 is 40.2 Å². The summed E-state index contributed by atoms with van der Waals surface area (Å²) in [7, 11) is 0.981. The van der Waals surface area contributed by atoms with Gasteiger partial charge in [0.15, 0.2) is 0 Å². The summed E-state index contributed by atoms with van der Waals surface area (Å²) in [4.78, 5) is 11.1. The van der Waals surface area contributed by atoms with Gasteiger partial charge in [0, 0.05) is 5.56 Å². The minimum Gasteiger partial charge on any atom is -0.468 e. The number of rotatable bonds is 2. The van der Waals surface area contributed by atoms with Gasteiger partial charge in [-0.25, -0.2) is 4.39 Å². The van der Waals surface area contributed by atoms with E-state index in [1.165, 1.54) is 0 Å². The minimum absolute atomic E-state index is 0. The quantitative estimate of drug-likeness (QED) is 0.672. The molecule has 0 saturated heterocycles. The number of hydrogen-bond acceptors (Lipinski definition) is 3. The average Bonchev–Trinajstić information content (AvgIpc) is 2.29. The lowest BCUT2D eigenvalue weighted by atomic mass is 10.0.